The van der Waals surface area contributed by atoms with Crippen LogP contribution in [-0.4, -0.2) is 24.2 Å². The van der Waals surface area contributed by atoms with Gasteiger partial charge in [0.25, 0.3) is 0 Å². The predicted octanol–water partition coefficient (Wildman–Crippen LogP) is 4.98. The summed E-state index contributed by atoms with van der Waals surface area (Å²) in [6.45, 7) is 0.352. The molecule has 0 radical (unpaired) electrons. The molecule has 2 rings (SSSR count). The SMILES string of the molecule is CC[C@@](C)(NC(=O)Nc1ccc(OC(F)F)c(Cl)c1)C(=O)OCc1ccccc1. The molecule has 2 aromatic rings. The fourth-order valence-corrected chi connectivity index (χ4v) is 2.57. The monoisotopic (exact) mass is 426 g/mol. The summed E-state index contributed by atoms with van der Waals surface area (Å²) in [6, 6.07) is 12.3. The van der Waals surface area contributed by atoms with Gasteiger partial charge in [-0.2, -0.15) is 8.78 Å². The zero-order valence-corrected chi connectivity index (χ0v) is 16.6. The normalized spacial score (nSPS) is 12.8. The number of alkyl halides is 2. The Bertz CT molecular complexity index is 852. The van der Waals surface area contributed by atoms with E-state index in [-0.39, 0.29) is 29.5 Å². The lowest BCUT2D eigenvalue weighted by Crippen LogP contribution is -2.53. The van der Waals surface area contributed by atoms with Crippen LogP contribution in [-0.2, 0) is 16.1 Å². The zero-order valence-electron chi connectivity index (χ0n) is 15.9. The number of urea groups is 1. The molecule has 2 amide bonds. The lowest BCUT2D eigenvalue weighted by Gasteiger charge is -2.27. The molecule has 9 heteroatoms. The number of carbonyl (C=O) groups is 2. The summed E-state index contributed by atoms with van der Waals surface area (Å²) in [6.07, 6.45) is 0.288. The molecule has 0 heterocycles. The number of hydrogen-bond acceptors (Lipinski definition) is 4. The fourth-order valence-electron chi connectivity index (χ4n) is 2.35. The van der Waals surface area contributed by atoms with Gasteiger partial charge in [0.2, 0.25) is 0 Å². The number of amides is 2. The van der Waals surface area contributed by atoms with E-state index in [0.29, 0.717) is 0 Å². The maximum absolute atomic E-state index is 12.5. The first kappa shape index (κ1) is 22.4. The van der Waals surface area contributed by atoms with Gasteiger partial charge in [0.15, 0.2) is 0 Å². The summed E-state index contributed by atoms with van der Waals surface area (Å²) in [5, 5.41) is 4.98. The van der Waals surface area contributed by atoms with Crippen LogP contribution in [0.15, 0.2) is 48.5 Å². The molecule has 1 atom stereocenters. The lowest BCUT2D eigenvalue weighted by atomic mass is 9.99. The van der Waals surface area contributed by atoms with Crippen LogP contribution >= 0.6 is 11.6 Å². The van der Waals surface area contributed by atoms with Gasteiger partial charge >= 0.3 is 18.6 Å². The van der Waals surface area contributed by atoms with E-state index in [1.54, 1.807) is 13.8 Å². The Morgan fingerprint density at radius 2 is 1.86 bits per heavy atom. The van der Waals surface area contributed by atoms with Crippen LogP contribution in [0.5, 0.6) is 5.75 Å². The highest BCUT2D eigenvalue weighted by Crippen LogP contribution is 2.29. The summed E-state index contributed by atoms with van der Waals surface area (Å²) < 4.78 is 34.1. The summed E-state index contributed by atoms with van der Waals surface area (Å²) in [5.74, 6) is -0.798. The van der Waals surface area contributed by atoms with Gasteiger partial charge in [-0.3, -0.25) is 0 Å². The molecule has 0 aliphatic rings. The maximum atomic E-state index is 12.5. The third-order valence-corrected chi connectivity index (χ3v) is 4.46. The second kappa shape index (κ2) is 10.1. The fraction of sp³-hybridized carbons (Fsp3) is 0.300. The van der Waals surface area contributed by atoms with Crippen molar-refractivity contribution in [2.24, 2.45) is 0 Å². The average Bonchev–Trinajstić information content (AvgIpc) is 2.68. The molecule has 2 aromatic carbocycles. The lowest BCUT2D eigenvalue weighted by molar-refractivity contribution is -0.152. The minimum atomic E-state index is -3.01. The van der Waals surface area contributed by atoms with Gasteiger partial charge in [-0.1, -0.05) is 48.9 Å². The van der Waals surface area contributed by atoms with Crippen molar-refractivity contribution < 1.29 is 27.8 Å². The van der Waals surface area contributed by atoms with E-state index in [9.17, 15) is 18.4 Å². The molecule has 0 saturated heterocycles. The Kier molecular flexibility index (Phi) is 7.78. The van der Waals surface area contributed by atoms with Crippen molar-refractivity contribution >= 4 is 29.3 Å². The van der Waals surface area contributed by atoms with E-state index < -0.39 is 24.2 Å². The number of hydrogen-bond donors (Lipinski definition) is 2. The molecule has 0 spiro atoms. The second-order valence-corrected chi connectivity index (χ2v) is 6.76. The Labute approximate surface area is 172 Å². The summed E-state index contributed by atoms with van der Waals surface area (Å²) in [5.41, 5.74) is -0.198. The number of benzene rings is 2. The molecule has 0 aromatic heterocycles. The maximum Gasteiger partial charge on any atom is 0.387 e. The number of nitrogens with one attached hydrogen (secondary N) is 2. The summed E-state index contributed by atoms with van der Waals surface area (Å²) in [4.78, 5) is 24.8. The van der Waals surface area contributed by atoms with Gasteiger partial charge < -0.3 is 20.1 Å². The first-order valence-corrected chi connectivity index (χ1v) is 9.16. The van der Waals surface area contributed by atoms with Crippen LogP contribution in [0.2, 0.25) is 5.02 Å². The Morgan fingerprint density at radius 3 is 2.45 bits per heavy atom. The van der Waals surface area contributed by atoms with Crippen molar-refractivity contribution in [2.75, 3.05) is 5.32 Å². The van der Waals surface area contributed by atoms with Gasteiger partial charge in [-0.25, -0.2) is 9.59 Å². The third-order valence-electron chi connectivity index (χ3n) is 4.17. The number of anilines is 1. The molecule has 0 aliphatic heterocycles. The molecular formula is C20H21ClF2N2O4. The van der Waals surface area contributed by atoms with Crippen LogP contribution in [0.1, 0.15) is 25.8 Å². The number of halogens is 3. The van der Waals surface area contributed by atoms with E-state index in [0.717, 1.165) is 5.56 Å². The largest absolute Gasteiger partial charge is 0.459 e. The molecule has 0 saturated carbocycles. The molecule has 6 nitrogen and oxygen atoms in total. The molecule has 0 bridgehead atoms. The highest BCUT2D eigenvalue weighted by Gasteiger charge is 2.35. The topological polar surface area (TPSA) is 76.7 Å². The van der Waals surface area contributed by atoms with Crippen molar-refractivity contribution in [1.29, 1.82) is 0 Å². The quantitative estimate of drug-likeness (QED) is 0.584. The average molecular weight is 427 g/mol. The molecule has 0 fully saturated rings. The third kappa shape index (κ3) is 6.60. The van der Waals surface area contributed by atoms with E-state index >= 15 is 0 Å². The Hall–Kier alpha value is -2.87. The summed E-state index contributed by atoms with van der Waals surface area (Å²) >= 11 is 5.86. The number of esters is 1. The number of carbonyl (C=O) groups excluding carboxylic acids is 2. The molecule has 29 heavy (non-hydrogen) atoms. The molecular weight excluding hydrogens is 406 g/mol. The molecule has 0 aliphatic carbocycles. The smallest absolute Gasteiger partial charge is 0.387 e. The first-order valence-electron chi connectivity index (χ1n) is 8.78. The number of rotatable bonds is 8. The van der Waals surface area contributed by atoms with Crippen molar-refractivity contribution in [2.45, 2.75) is 39.0 Å². The Morgan fingerprint density at radius 1 is 1.17 bits per heavy atom. The van der Waals surface area contributed by atoms with Crippen LogP contribution in [0.4, 0.5) is 19.3 Å². The highest BCUT2D eigenvalue weighted by molar-refractivity contribution is 6.32. The van der Waals surface area contributed by atoms with Gasteiger partial charge in [-0.15, -0.1) is 0 Å². The van der Waals surface area contributed by atoms with Gasteiger partial charge in [0, 0.05) is 5.69 Å². The zero-order chi connectivity index (χ0) is 21.4. The van der Waals surface area contributed by atoms with E-state index in [4.69, 9.17) is 16.3 Å². The summed E-state index contributed by atoms with van der Waals surface area (Å²) in [7, 11) is 0. The van der Waals surface area contributed by atoms with Crippen LogP contribution in [0, 0.1) is 0 Å². The Balaban J connectivity index is 1.97. The van der Waals surface area contributed by atoms with Crippen LogP contribution in [0.3, 0.4) is 0 Å². The van der Waals surface area contributed by atoms with Crippen molar-refractivity contribution in [3.05, 3.63) is 59.1 Å². The van der Waals surface area contributed by atoms with Crippen LogP contribution < -0.4 is 15.4 Å². The first-order chi connectivity index (χ1) is 13.7. The van der Waals surface area contributed by atoms with E-state index in [1.807, 2.05) is 30.3 Å². The predicted molar refractivity (Wildman–Crippen MR) is 105 cm³/mol. The minimum absolute atomic E-state index is 0.0831. The van der Waals surface area contributed by atoms with E-state index in [1.165, 1.54) is 18.2 Å². The number of ether oxygens (including phenoxy) is 2. The van der Waals surface area contributed by atoms with Gasteiger partial charge in [0.1, 0.15) is 17.9 Å². The molecule has 2 N–H and O–H groups in total. The van der Waals surface area contributed by atoms with Crippen molar-refractivity contribution in [1.82, 2.24) is 5.32 Å². The van der Waals surface area contributed by atoms with E-state index in [2.05, 4.69) is 15.4 Å². The molecule has 0 unspecified atom stereocenters. The van der Waals surface area contributed by atoms with Gasteiger partial charge in [-0.05, 0) is 37.1 Å². The van der Waals surface area contributed by atoms with Crippen LogP contribution in [0.25, 0.3) is 0 Å². The minimum Gasteiger partial charge on any atom is -0.459 e. The van der Waals surface area contributed by atoms with Crippen molar-refractivity contribution in [3.63, 3.8) is 0 Å². The van der Waals surface area contributed by atoms with Gasteiger partial charge in [0.05, 0.1) is 5.02 Å². The van der Waals surface area contributed by atoms with Crippen molar-refractivity contribution in [3.8, 4) is 5.75 Å². The second-order valence-electron chi connectivity index (χ2n) is 6.35. The highest BCUT2D eigenvalue weighted by atomic mass is 35.5. The standard InChI is InChI=1S/C20H21ClF2N2O4/c1-3-20(2,17(26)28-12-13-7-5-4-6-8-13)25-19(27)24-14-9-10-16(15(21)11-14)29-18(22)23/h4-11,18H,3,12H2,1-2H3,(H2,24,25,27)/t20-/m1/s1. The molecule has 156 valence electrons.